The highest BCUT2D eigenvalue weighted by molar-refractivity contribution is 7.98. The molecule has 1 N–H and O–H groups in total. The van der Waals surface area contributed by atoms with E-state index in [0.29, 0.717) is 5.75 Å². The van der Waals surface area contributed by atoms with E-state index in [-0.39, 0.29) is 6.42 Å². The van der Waals surface area contributed by atoms with Crippen LogP contribution in [0, 0.1) is 11.3 Å². The lowest BCUT2D eigenvalue weighted by atomic mass is 10.3. The predicted octanol–water partition coefficient (Wildman–Crippen LogP) is 0.624. The molecule has 46 valence electrons. The van der Waals surface area contributed by atoms with Crippen molar-refractivity contribution in [2.75, 3.05) is 12.0 Å². The first kappa shape index (κ1) is 7.80. The Kier molecular flexibility index (Phi) is 4.82. The van der Waals surface area contributed by atoms with Gasteiger partial charge in [0.15, 0.2) is 0 Å². The Bertz CT molecular complexity index is 88.9. The molecule has 0 spiro atoms. The van der Waals surface area contributed by atoms with Crippen molar-refractivity contribution < 1.29 is 5.11 Å². The second-order valence-electron chi connectivity index (χ2n) is 1.47. The lowest BCUT2D eigenvalue weighted by Crippen LogP contribution is -2.07. The molecule has 0 heterocycles. The van der Waals surface area contributed by atoms with E-state index < -0.39 is 6.10 Å². The lowest BCUT2D eigenvalue weighted by molar-refractivity contribution is 0.205. The summed E-state index contributed by atoms with van der Waals surface area (Å²) in [5.41, 5.74) is 0. The molecule has 1 unspecified atom stereocenters. The summed E-state index contributed by atoms with van der Waals surface area (Å²) in [4.78, 5) is 0. The number of aliphatic hydroxyl groups excluding tert-OH is 1. The van der Waals surface area contributed by atoms with Crippen LogP contribution in [0.2, 0.25) is 0 Å². The van der Waals surface area contributed by atoms with E-state index in [1.807, 2.05) is 12.3 Å². The Labute approximate surface area is 53.5 Å². The van der Waals surface area contributed by atoms with E-state index in [2.05, 4.69) is 0 Å². The van der Waals surface area contributed by atoms with Gasteiger partial charge in [-0.25, -0.2) is 0 Å². The van der Waals surface area contributed by atoms with Crippen LogP contribution >= 0.6 is 11.8 Å². The normalized spacial score (nSPS) is 12.6. The minimum Gasteiger partial charge on any atom is -0.391 e. The molecule has 0 rings (SSSR count). The van der Waals surface area contributed by atoms with Crippen molar-refractivity contribution in [3.63, 3.8) is 0 Å². The SMILES string of the molecule is CSCC(O)CC#N. The summed E-state index contributed by atoms with van der Waals surface area (Å²) in [6, 6.07) is 1.89. The highest BCUT2D eigenvalue weighted by atomic mass is 32.2. The molecule has 0 saturated carbocycles. The maximum absolute atomic E-state index is 8.81. The largest absolute Gasteiger partial charge is 0.391 e. The van der Waals surface area contributed by atoms with E-state index in [4.69, 9.17) is 10.4 Å². The van der Waals surface area contributed by atoms with Gasteiger partial charge in [0, 0.05) is 5.75 Å². The van der Waals surface area contributed by atoms with Crippen LogP contribution in [0.15, 0.2) is 0 Å². The number of hydrogen-bond donors (Lipinski definition) is 1. The quantitative estimate of drug-likeness (QED) is 0.610. The molecule has 2 nitrogen and oxygen atoms in total. The van der Waals surface area contributed by atoms with Crippen molar-refractivity contribution in [1.82, 2.24) is 0 Å². The molecule has 0 aromatic heterocycles. The van der Waals surface area contributed by atoms with Crippen molar-refractivity contribution in [3.05, 3.63) is 0 Å². The molecule has 0 aromatic carbocycles. The third-order valence-corrected chi connectivity index (χ3v) is 1.40. The van der Waals surface area contributed by atoms with E-state index in [0.717, 1.165) is 0 Å². The minimum absolute atomic E-state index is 0.251. The summed E-state index contributed by atoms with van der Waals surface area (Å²) in [6.45, 7) is 0. The Hall–Kier alpha value is -0.200. The summed E-state index contributed by atoms with van der Waals surface area (Å²) < 4.78 is 0. The molecular formula is C5H9NOS. The average Bonchev–Trinajstić information content (AvgIpc) is 1.68. The van der Waals surface area contributed by atoms with Crippen LogP contribution in [0.4, 0.5) is 0 Å². The molecule has 3 heteroatoms. The number of rotatable bonds is 3. The molecule has 0 radical (unpaired) electrons. The first-order valence-corrected chi connectivity index (χ1v) is 3.74. The van der Waals surface area contributed by atoms with Gasteiger partial charge in [-0.2, -0.15) is 17.0 Å². The summed E-state index contributed by atoms with van der Waals surface area (Å²) in [6.07, 6.45) is 1.72. The minimum atomic E-state index is -0.435. The Morgan fingerprint density at radius 1 is 1.88 bits per heavy atom. The van der Waals surface area contributed by atoms with Gasteiger partial charge < -0.3 is 5.11 Å². The highest BCUT2D eigenvalue weighted by Gasteiger charge is 1.98. The van der Waals surface area contributed by atoms with Gasteiger partial charge in [0.2, 0.25) is 0 Å². The summed E-state index contributed by atoms with van der Waals surface area (Å²) in [5.74, 6) is 0.660. The van der Waals surface area contributed by atoms with Crippen LogP contribution < -0.4 is 0 Å². The van der Waals surface area contributed by atoms with E-state index in [9.17, 15) is 0 Å². The van der Waals surface area contributed by atoms with Crippen LogP contribution in [-0.2, 0) is 0 Å². The first-order valence-electron chi connectivity index (χ1n) is 2.35. The summed E-state index contributed by atoms with van der Waals surface area (Å²) in [7, 11) is 0. The molecule has 0 saturated heterocycles. The van der Waals surface area contributed by atoms with Gasteiger partial charge >= 0.3 is 0 Å². The van der Waals surface area contributed by atoms with Crippen LogP contribution in [0.25, 0.3) is 0 Å². The zero-order valence-electron chi connectivity index (χ0n) is 4.79. The van der Waals surface area contributed by atoms with Gasteiger partial charge in [0.05, 0.1) is 18.6 Å². The van der Waals surface area contributed by atoms with E-state index in [1.165, 1.54) is 0 Å². The number of thioether (sulfide) groups is 1. The van der Waals surface area contributed by atoms with Crippen molar-refractivity contribution in [2.45, 2.75) is 12.5 Å². The Morgan fingerprint density at radius 2 is 2.50 bits per heavy atom. The summed E-state index contributed by atoms with van der Waals surface area (Å²) >= 11 is 1.55. The van der Waals surface area contributed by atoms with E-state index in [1.54, 1.807) is 11.8 Å². The predicted molar refractivity (Wildman–Crippen MR) is 34.6 cm³/mol. The third kappa shape index (κ3) is 3.97. The molecule has 0 amide bonds. The van der Waals surface area contributed by atoms with Crippen molar-refractivity contribution in [2.24, 2.45) is 0 Å². The number of aliphatic hydroxyl groups is 1. The third-order valence-electron chi connectivity index (χ3n) is 0.686. The molecular weight excluding hydrogens is 122 g/mol. The van der Waals surface area contributed by atoms with Crippen LogP contribution in [0.3, 0.4) is 0 Å². The zero-order chi connectivity index (χ0) is 6.41. The number of nitrogens with zero attached hydrogens (tertiary/aromatic N) is 1. The van der Waals surface area contributed by atoms with Gasteiger partial charge in [-0.05, 0) is 6.26 Å². The molecule has 0 aliphatic rings. The van der Waals surface area contributed by atoms with Crippen molar-refractivity contribution in [3.8, 4) is 6.07 Å². The first-order chi connectivity index (χ1) is 3.81. The molecule has 0 fully saturated rings. The molecule has 1 atom stereocenters. The second kappa shape index (κ2) is 4.95. The fourth-order valence-electron chi connectivity index (χ4n) is 0.357. The molecule has 0 aliphatic heterocycles. The summed E-state index contributed by atoms with van der Waals surface area (Å²) in [5, 5.41) is 16.8. The van der Waals surface area contributed by atoms with Gasteiger partial charge in [-0.3, -0.25) is 0 Å². The van der Waals surface area contributed by atoms with Crippen molar-refractivity contribution >= 4 is 11.8 Å². The molecule has 0 aromatic rings. The Morgan fingerprint density at radius 3 is 2.88 bits per heavy atom. The van der Waals surface area contributed by atoms with Gasteiger partial charge in [0.25, 0.3) is 0 Å². The van der Waals surface area contributed by atoms with Gasteiger partial charge in [0.1, 0.15) is 0 Å². The van der Waals surface area contributed by atoms with Crippen molar-refractivity contribution in [1.29, 1.82) is 5.26 Å². The maximum atomic E-state index is 8.81. The fraction of sp³-hybridized carbons (Fsp3) is 0.800. The lowest BCUT2D eigenvalue weighted by Gasteiger charge is -1.99. The smallest absolute Gasteiger partial charge is 0.0760 e. The number of hydrogen-bond acceptors (Lipinski definition) is 3. The highest BCUT2D eigenvalue weighted by Crippen LogP contribution is 1.98. The second-order valence-corrected chi connectivity index (χ2v) is 2.38. The molecule has 0 aliphatic carbocycles. The van der Waals surface area contributed by atoms with Crippen LogP contribution in [-0.4, -0.2) is 23.2 Å². The van der Waals surface area contributed by atoms with Crippen LogP contribution in [0.1, 0.15) is 6.42 Å². The zero-order valence-corrected chi connectivity index (χ0v) is 5.61. The van der Waals surface area contributed by atoms with Gasteiger partial charge in [-0.15, -0.1) is 0 Å². The molecule has 0 bridgehead atoms. The molecule has 8 heavy (non-hydrogen) atoms. The van der Waals surface area contributed by atoms with Crippen LogP contribution in [0.5, 0.6) is 0 Å². The average molecular weight is 131 g/mol. The Balaban J connectivity index is 3.08. The number of nitriles is 1. The van der Waals surface area contributed by atoms with E-state index >= 15 is 0 Å². The fourth-order valence-corrected chi connectivity index (χ4v) is 0.859. The van der Waals surface area contributed by atoms with Gasteiger partial charge in [-0.1, -0.05) is 0 Å². The standard InChI is InChI=1S/C5H9NOS/c1-8-4-5(7)2-3-6/h5,7H,2,4H2,1H3. The maximum Gasteiger partial charge on any atom is 0.0760 e. The topological polar surface area (TPSA) is 44.0 Å². The monoisotopic (exact) mass is 131 g/mol.